The molecule has 0 unspecified atom stereocenters. The first-order chi connectivity index (χ1) is 13.0. The largest absolute Gasteiger partial charge is 0.305 e. The maximum atomic E-state index is 6.47. The van der Waals surface area contributed by atoms with E-state index in [1.54, 1.807) is 11.8 Å². The number of hydrogen-bond donors (Lipinski definition) is 0. The topological polar surface area (TPSA) is 43.6 Å². The fourth-order valence-corrected chi connectivity index (χ4v) is 4.20. The molecule has 0 fully saturated rings. The lowest BCUT2D eigenvalue weighted by atomic mass is 10.0. The number of aryl methyl sites for hydroxylation is 2. The molecule has 0 saturated carbocycles. The van der Waals surface area contributed by atoms with Gasteiger partial charge in [0.05, 0.1) is 5.52 Å². The molecule has 0 aliphatic rings. The predicted molar refractivity (Wildman–Crippen MR) is 112 cm³/mol. The zero-order valence-electron chi connectivity index (χ0n) is 15.4. The van der Waals surface area contributed by atoms with Gasteiger partial charge in [0.15, 0.2) is 11.0 Å². The van der Waals surface area contributed by atoms with Crippen LogP contribution in [0.4, 0.5) is 0 Å². The molecule has 2 aromatic heterocycles. The van der Waals surface area contributed by atoms with Gasteiger partial charge in [-0.3, -0.25) is 0 Å². The van der Waals surface area contributed by atoms with Crippen molar-refractivity contribution in [2.45, 2.75) is 24.8 Å². The number of halogens is 1. The number of pyridine rings is 1. The molecule has 4 aromatic rings. The van der Waals surface area contributed by atoms with Crippen molar-refractivity contribution >= 4 is 34.3 Å². The lowest BCUT2D eigenvalue weighted by molar-refractivity contribution is 0.794. The van der Waals surface area contributed by atoms with Gasteiger partial charge < -0.3 is 4.57 Å². The van der Waals surface area contributed by atoms with Gasteiger partial charge in [0.2, 0.25) is 0 Å². The molecule has 6 heteroatoms. The van der Waals surface area contributed by atoms with Crippen molar-refractivity contribution in [1.82, 2.24) is 19.7 Å². The van der Waals surface area contributed by atoms with E-state index in [1.807, 2.05) is 41.9 Å². The predicted octanol–water partition coefficient (Wildman–Crippen LogP) is 5.59. The quantitative estimate of drug-likeness (QED) is 0.334. The molecule has 0 saturated heterocycles. The van der Waals surface area contributed by atoms with E-state index in [0.717, 1.165) is 33.0 Å². The number of nitrogens with zero attached hydrogens (tertiary/aromatic N) is 4. The molecule has 4 rings (SSSR count). The minimum Gasteiger partial charge on any atom is -0.305 e. The van der Waals surface area contributed by atoms with Crippen LogP contribution in [0.3, 0.4) is 0 Å². The number of rotatable bonds is 4. The summed E-state index contributed by atoms with van der Waals surface area (Å²) >= 11 is 8.08. The van der Waals surface area contributed by atoms with Gasteiger partial charge in [0, 0.05) is 29.3 Å². The summed E-state index contributed by atoms with van der Waals surface area (Å²) in [5.74, 6) is 1.54. The minimum absolute atomic E-state index is 0.550. The second-order valence-electron chi connectivity index (χ2n) is 6.54. The van der Waals surface area contributed by atoms with Crippen LogP contribution >= 0.6 is 23.4 Å². The molecule has 0 amide bonds. The van der Waals surface area contributed by atoms with Gasteiger partial charge in [-0.25, -0.2) is 4.98 Å². The number of aromatic nitrogens is 4. The Morgan fingerprint density at radius 1 is 1.04 bits per heavy atom. The van der Waals surface area contributed by atoms with Crippen molar-refractivity contribution in [1.29, 1.82) is 0 Å². The molecular formula is C21H19ClN4S. The van der Waals surface area contributed by atoms with E-state index in [2.05, 4.69) is 47.2 Å². The Balaban J connectivity index is 1.60. The molecule has 2 aromatic carbocycles. The zero-order chi connectivity index (χ0) is 19.0. The van der Waals surface area contributed by atoms with Gasteiger partial charge in [-0.2, -0.15) is 0 Å². The Morgan fingerprint density at radius 3 is 2.59 bits per heavy atom. The number of hydrogen-bond acceptors (Lipinski definition) is 4. The van der Waals surface area contributed by atoms with Crippen molar-refractivity contribution in [2.24, 2.45) is 7.05 Å². The van der Waals surface area contributed by atoms with Crippen molar-refractivity contribution < 1.29 is 0 Å². The van der Waals surface area contributed by atoms with Crippen LogP contribution in [-0.4, -0.2) is 19.7 Å². The summed E-state index contributed by atoms with van der Waals surface area (Å²) in [6, 6.07) is 16.4. The van der Waals surface area contributed by atoms with Gasteiger partial charge in [-0.15, -0.1) is 10.2 Å². The molecule has 0 aliphatic carbocycles. The van der Waals surface area contributed by atoms with E-state index >= 15 is 0 Å². The summed E-state index contributed by atoms with van der Waals surface area (Å²) in [6.07, 6.45) is 0. The SMILES string of the molecule is Cc1ccc2cc(CSc3nnc(-c4ccccc4)n3C)c(Cl)nc2c1C. The lowest BCUT2D eigenvalue weighted by Crippen LogP contribution is -1.96. The van der Waals surface area contributed by atoms with E-state index in [9.17, 15) is 0 Å². The molecule has 27 heavy (non-hydrogen) atoms. The lowest BCUT2D eigenvalue weighted by Gasteiger charge is -2.09. The summed E-state index contributed by atoms with van der Waals surface area (Å²) < 4.78 is 2.01. The summed E-state index contributed by atoms with van der Waals surface area (Å²) in [7, 11) is 1.98. The molecule has 0 spiro atoms. The normalized spacial score (nSPS) is 11.3. The maximum absolute atomic E-state index is 6.47. The highest BCUT2D eigenvalue weighted by atomic mass is 35.5. The third-order valence-electron chi connectivity index (χ3n) is 4.76. The molecule has 136 valence electrons. The Hall–Kier alpha value is -2.37. The summed E-state index contributed by atoms with van der Waals surface area (Å²) in [4.78, 5) is 4.63. The average molecular weight is 395 g/mol. The summed E-state index contributed by atoms with van der Waals surface area (Å²) in [5.41, 5.74) is 5.42. The molecule has 0 atom stereocenters. The highest BCUT2D eigenvalue weighted by Gasteiger charge is 2.13. The van der Waals surface area contributed by atoms with E-state index in [-0.39, 0.29) is 0 Å². The summed E-state index contributed by atoms with van der Waals surface area (Å²) in [5, 5.41) is 11.2. The average Bonchev–Trinajstić information content (AvgIpc) is 3.05. The third-order valence-corrected chi connectivity index (χ3v) is 6.16. The first-order valence-electron chi connectivity index (χ1n) is 8.67. The standard InChI is InChI=1S/C21H19ClN4S/c1-13-9-10-16-11-17(19(22)23-18(16)14(13)2)12-27-21-25-24-20(26(21)3)15-7-5-4-6-8-15/h4-11H,12H2,1-3H3. The molecule has 0 aliphatic heterocycles. The number of benzene rings is 2. The first-order valence-corrected chi connectivity index (χ1v) is 10.0. The van der Waals surface area contributed by atoms with Crippen LogP contribution in [0.2, 0.25) is 5.15 Å². The van der Waals surface area contributed by atoms with Crippen molar-refractivity contribution in [3.63, 3.8) is 0 Å². The Labute approximate surface area is 167 Å². The molecular weight excluding hydrogens is 376 g/mol. The van der Waals surface area contributed by atoms with Crippen LogP contribution in [0, 0.1) is 13.8 Å². The van der Waals surface area contributed by atoms with E-state index in [0.29, 0.717) is 10.9 Å². The number of fused-ring (bicyclic) bond motifs is 1. The van der Waals surface area contributed by atoms with Gasteiger partial charge in [-0.1, -0.05) is 65.8 Å². The second kappa shape index (κ2) is 7.33. The van der Waals surface area contributed by atoms with E-state index in [1.165, 1.54) is 11.1 Å². The van der Waals surface area contributed by atoms with Crippen molar-refractivity contribution in [3.8, 4) is 11.4 Å². The van der Waals surface area contributed by atoms with Crippen LogP contribution in [0.1, 0.15) is 16.7 Å². The van der Waals surface area contributed by atoms with Crippen LogP contribution in [-0.2, 0) is 12.8 Å². The third kappa shape index (κ3) is 3.45. The second-order valence-corrected chi connectivity index (χ2v) is 7.84. The smallest absolute Gasteiger partial charge is 0.191 e. The van der Waals surface area contributed by atoms with Crippen molar-refractivity contribution in [3.05, 3.63) is 70.4 Å². The van der Waals surface area contributed by atoms with Gasteiger partial charge >= 0.3 is 0 Å². The van der Waals surface area contributed by atoms with Gasteiger partial charge in [0.25, 0.3) is 0 Å². The van der Waals surface area contributed by atoms with Crippen molar-refractivity contribution in [2.75, 3.05) is 0 Å². The van der Waals surface area contributed by atoms with E-state index in [4.69, 9.17) is 11.6 Å². The fraction of sp³-hybridized carbons (Fsp3) is 0.190. The molecule has 4 nitrogen and oxygen atoms in total. The summed E-state index contributed by atoms with van der Waals surface area (Å²) in [6.45, 7) is 4.17. The van der Waals surface area contributed by atoms with Gasteiger partial charge in [0.1, 0.15) is 5.15 Å². The first kappa shape index (κ1) is 18.0. The zero-order valence-corrected chi connectivity index (χ0v) is 17.0. The fourth-order valence-electron chi connectivity index (χ4n) is 3.03. The van der Waals surface area contributed by atoms with Crippen LogP contribution < -0.4 is 0 Å². The Morgan fingerprint density at radius 2 is 1.81 bits per heavy atom. The maximum Gasteiger partial charge on any atom is 0.191 e. The van der Waals surface area contributed by atoms with E-state index < -0.39 is 0 Å². The molecule has 0 N–H and O–H groups in total. The van der Waals surface area contributed by atoms with Crippen LogP contribution in [0.25, 0.3) is 22.3 Å². The van der Waals surface area contributed by atoms with Crippen LogP contribution in [0.15, 0.2) is 53.7 Å². The molecule has 2 heterocycles. The Bertz CT molecular complexity index is 1120. The van der Waals surface area contributed by atoms with Crippen LogP contribution in [0.5, 0.6) is 0 Å². The highest BCUT2D eigenvalue weighted by Crippen LogP contribution is 2.30. The molecule has 0 bridgehead atoms. The monoisotopic (exact) mass is 394 g/mol. The molecule has 0 radical (unpaired) electrons. The highest BCUT2D eigenvalue weighted by molar-refractivity contribution is 7.98. The van der Waals surface area contributed by atoms with Gasteiger partial charge in [-0.05, 0) is 31.0 Å². The Kier molecular flexibility index (Phi) is 4.89. The minimum atomic E-state index is 0.550. The number of thioether (sulfide) groups is 1.